The van der Waals surface area contributed by atoms with Crippen molar-refractivity contribution in [3.05, 3.63) is 36.8 Å². The molecule has 1 aliphatic carbocycles. The van der Waals surface area contributed by atoms with E-state index in [0.717, 1.165) is 51.2 Å². The van der Waals surface area contributed by atoms with E-state index in [1.807, 2.05) is 0 Å². The maximum atomic E-state index is 13.3. The van der Waals surface area contributed by atoms with Gasteiger partial charge in [0, 0.05) is 62.4 Å². The van der Waals surface area contributed by atoms with Crippen molar-refractivity contribution in [1.82, 2.24) is 29.6 Å². The number of nitrogens with one attached hydrogen (secondary N) is 1. The first-order valence-electron chi connectivity index (χ1n) is 13.1. The van der Waals surface area contributed by atoms with Crippen molar-refractivity contribution in [3.8, 4) is 17.1 Å². The van der Waals surface area contributed by atoms with Crippen LogP contribution in [0.2, 0.25) is 0 Å². The van der Waals surface area contributed by atoms with Gasteiger partial charge in [0.25, 0.3) is 0 Å². The molecule has 0 bridgehead atoms. The molecule has 0 atom stereocenters. The van der Waals surface area contributed by atoms with Crippen LogP contribution in [0.5, 0.6) is 5.75 Å². The molecule has 1 spiro atoms. The van der Waals surface area contributed by atoms with E-state index in [2.05, 4.69) is 42.0 Å². The Morgan fingerprint density at radius 2 is 1.82 bits per heavy atom. The number of likely N-dealkylation sites (tertiary alicyclic amines) is 1. The van der Waals surface area contributed by atoms with E-state index in [-0.39, 0.29) is 30.0 Å². The predicted octanol–water partition coefficient (Wildman–Crippen LogP) is 4.95. The van der Waals surface area contributed by atoms with E-state index >= 15 is 0 Å². The zero-order valence-corrected chi connectivity index (χ0v) is 21.8. The van der Waals surface area contributed by atoms with Gasteiger partial charge < -0.3 is 19.9 Å². The molecule has 3 aliphatic rings. The van der Waals surface area contributed by atoms with E-state index in [9.17, 15) is 22.0 Å². The van der Waals surface area contributed by atoms with Crippen LogP contribution < -0.4 is 15.0 Å². The molecule has 3 aromatic rings. The maximum Gasteiger partial charge on any atom is 0.573 e. The van der Waals surface area contributed by atoms with Crippen molar-refractivity contribution in [2.24, 2.45) is 11.3 Å². The Morgan fingerprint density at radius 3 is 2.52 bits per heavy atom. The monoisotopic (exact) mass is 564 g/mol. The van der Waals surface area contributed by atoms with Crippen molar-refractivity contribution >= 4 is 17.5 Å². The number of hydrogen-bond acceptors (Lipinski definition) is 8. The Morgan fingerprint density at radius 1 is 1.07 bits per heavy atom. The van der Waals surface area contributed by atoms with Crippen LogP contribution in [0.25, 0.3) is 11.4 Å². The number of halogens is 5. The van der Waals surface area contributed by atoms with Gasteiger partial charge in [-0.05, 0) is 45.0 Å². The van der Waals surface area contributed by atoms with E-state index in [4.69, 9.17) is 4.98 Å². The van der Waals surface area contributed by atoms with Gasteiger partial charge in [-0.2, -0.15) is 5.10 Å². The summed E-state index contributed by atoms with van der Waals surface area (Å²) >= 11 is 0. The molecule has 40 heavy (non-hydrogen) atoms. The lowest BCUT2D eigenvalue weighted by atomic mass is 9.72. The first-order chi connectivity index (χ1) is 18.9. The fourth-order valence-corrected chi connectivity index (χ4v) is 5.69. The summed E-state index contributed by atoms with van der Waals surface area (Å²) < 4.78 is 70.3. The zero-order valence-electron chi connectivity index (χ0n) is 21.8. The average molecular weight is 565 g/mol. The second-order valence-electron chi connectivity index (χ2n) is 11.2. The Kier molecular flexibility index (Phi) is 6.55. The lowest BCUT2D eigenvalue weighted by Crippen LogP contribution is -2.60. The second kappa shape index (κ2) is 9.82. The maximum absolute atomic E-state index is 13.3. The number of pyridine rings is 1. The molecule has 0 aromatic carbocycles. The summed E-state index contributed by atoms with van der Waals surface area (Å²) in [6.07, 6.45) is 1.59. The number of piperidine rings is 1. The minimum atomic E-state index is -4.83. The van der Waals surface area contributed by atoms with E-state index in [1.165, 1.54) is 6.20 Å². The third-order valence-electron chi connectivity index (χ3n) is 7.87. The van der Waals surface area contributed by atoms with Crippen LogP contribution in [-0.2, 0) is 6.54 Å². The minimum Gasteiger partial charge on any atom is -0.406 e. The molecule has 3 fully saturated rings. The highest BCUT2D eigenvalue weighted by Gasteiger charge is 2.46. The fourth-order valence-electron chi connectivity index (χ4n) is 5.69. The van der Waals surface area contributed by atoms with Gasteiger partial charge in [0.2, 0.25) is 5.92 Å². The number of ether oxygens (including phenoxy) is 1. The highest BCUT2D eigenvalue weighted by molar-refractivity contribution is 5.64. The van der Waals surface area contributed by atoms with Crippen molar-refractivity contribution in [3.63, 3.8) is 0 Å². The normalized spacial score (nSPS) is 20.7. The lowest BCUT2D eigenvalue weighted by molar-refractivity contribution is -0.274. The van der Waals surface area contributed by atoms with Gasteiger partial charge >= 0.3 is 6.36 Å². The summed E-state index contributed by atoms with van der Waals surface area (Å²) in [5.41, 5.74) is 0.846. The Hall–Kier alpha value is -3.55. The third-order valence-corrected chi connectivity index (χ3v) is 7.87. The predicted molar refractivity (Wildman–Crippen MR) is 137 cm³/mol. The first kappa shape index (κ1) is 26.7. The molecule has 3 aromatic heterocycles. The Bertz CT molecular complexity index is 1360. The molecule has 5 heterocycles. The molecule has 0 radical (unpaired) electrons. The second-order valence-corrected chi connectivity index (χ2v) is 11.2. The quantitative estimate of drug-likeness (QED) is 0.404. The Balaban J connectivity index is 1.24. The molecule has 9 nitrogen and oxygen atoms in total. The number of anilines is 3. The van der Waals surface area contributed by atoms with Gasteiger partial charge in [-0.15, -0.1) is 13.2 Å². The molecule has 14 heteroatoms. The van der Waals surface area contributed by atoms with E-state index < -0.39 is 18.0 Å². The van der Waals surface area contributed by atoms with Crippen LogP contribution in [-0.4, -0.2) is 75.1 Å². The smallest absolute Gasteiger partial charge is 0.406 e. The highest BCUT2D eigenvalue weighted by atomic mass is 19.4. The van der Waals surface area contributed by atoms with Gasteiger partial charge in [0.15, 0.2) is 5.82 Å². The van der Waals surface area contributed by atoms with Crippen LogP contribution in [0.1, 0.15) is 25.7 Å². The van der Waals surface area contributed by atoms with E-state index in [1.54, 1.807) is 23.1 Å². The van der Waals surface area contributed by atoms with Gasteiger partial charge in [0.05, 0.1) is 11.8 Å². The SMILES string of the molecule is CN1CCC2(CC1)CN(c1cc(Nc3cc(OC(F)(F)F)ccn3)nc(-c3cnn(CC4CC(F)(F)C4)c3)n1)C2. The summed E-state index contributed by atoms with van der Waals surface area (Å²) in [5.74, 6) is -1.66. The summed E-state index contributed by atoms with van der Waals surface area (Å²) in [7, 11) is 2.12. The third kappa shape index (κ3) is 5.96. The topological polar surface area (TPSA) is 84.2 Å². The number of rotatable bonds is 7. The molecule has 0 amide bonds. The molecule has 214 valence electrons. The van der Waals surface area contributed by atoms with Crippen molar-refractivity contribution in [1.29, 1.82) is 0 Å². The van der Waals surface area contributed by atoms with Crippen LogP contribution in [0.3, 0.4) is 0 Å². The molecule has 2 saturated heterocycles. The number of hydrogen-bond donors (Lipinski definition) is 1. The lowest BCUT2D eigenvalue weighted by Gasteiger charge is -2.54. The molecular formula is C26H29F5N8O. The van der Waals surface area contributed by atoms with Crippen molar-refractivity contribution < 1.29 is 26.7 Å². The number of alkyl halides is 5. The minimum absolute atomic E-state index is 0.120. The summed E-state index contributed by atoms with van der Waals surface area (Å²) in [6.45, 7) is 4.16. The summed E-state index contributed by atoms with van der Waals surface area (Å²) in [4.78, 5) is 17.9. The standard InChI is InChI=1S/C26H29F5N8O/c1-37-6-3-24(4-7-37)15-38(16-24)22-9-21(34-20-8-19(2-5-32-20)40-26(29,30)31)35-23(36-22)18-12-33-39(14-18)13-17-10-25(27,28)11-17/h2,5,8-9,12,14,17H,3-4,6-7,10-11,13,15-16H2,1H3,(H,32,34,35,36). The average Bonchev–Trinajstić information content (AvgIpc) is 3.30. The molecular weight excluding hydrogens is 535 g/mol. The van der Waals surface area contributed by atoms with Crippen LogP contribution >= 0.6 is 0 Å². The highest BCUT2D eigenvalue weighted by Crippen LogP contribution is 2.44. The van der Waals surface area contributed by atoms with Crippen molar-refractivity contribution in [2.45, 2.75) is 44.5 Å². The van der Waals surface area contributed by atoms with Gasteiger partial charge in [-0.1, -0.05) is 0 Å². The largest absolute Gasteiger partial charge is 0.573 e. The van der Waals surface area contributed by atoms with Crippen LogP contribution in [0.4, 0.5) is 39.4 Å². The molecule has 0 unspecified atom stereocenters. The van der Waals surface area contributed by atoms with Gasteiger partial charge in [0.1, 0.15) is 23.2 Å². The van der Waals surface area contributed by atoms with Gasteiger partial charge in [-0.3, -0.25) is 4.68 Å². The summed E-state index contributed by atoms with van der Waals surface area (Å²) in [6, 6.07) is 3.99. The van der Waals surface area contributed by atoms with Crippen LogP contribution in [0.15, 0.2) is 36.8 Å². The molecule has 1 N–H and O–H groups in total. The number of aromatic nitrogens is 5. The van der Waals surface area contributed by atoms with Crippen LogP contribution in [0, 0.1) is 11.3 Å². The Labute approximate surface area is 227 Å². The fraction of sp³-hybridized carbons (Fsp3) is 0.538. The molecule has 6 rings (SSSR count). The molecule has 1 saturated carbocycles. The van der Waals surface area contributed by atoms with Gasteiger partial charge in [-0.25, -0.2) is 23.7 Å². The van der Waals surface area contributed by atoms with E-state index in [0.29, 0.717) is 29.6 Å². The summed E-state index contributed by atoms with van der Waals surface area (Å²) in [5, 5.41) is 7.30. The first-order valence-corrected chi connectivity index (χ1v) is 13.1. The molecule has 2 aliphatic heterocycles. The zero-order chi connectivity index (χ0) is 28.1. The number of nitrogens with zero attached hydrogens (tertiary/aromatic N) is 7. The van der Waals surface area contributed by atoms with Crippen molar-refractivity contribution in [2.75, 3.05) is 43.4 Å².